The summed E-state index contributed by atoms with van der Waals surface area (Å²) in [5, 5.41) is 33.5. The van der Waals surface area contributed by atoms with Crippen LogP contribution in [0.25, 0.3) is 21.8 Å². The van der Waals surface area contributed by atoms with Crippen LogP contribution in [-0.2, 0) is 132 Å². The van der Waals surface area contributed by atoms with Crippen molar-refractivity contribution >= 4 is 129 Å². The molecule has 32 heteroatoms. The van der Waals surface area contributed by atoms with Gasteiger partial charge < -0.3 is 31.7 Å². The molecule has 0 atom stereocenters. The number of nitro benzene ring substituents is 2. The number of halogens is 1. The summed E-state index contributed by atoms with van der Waals surface area (Å²) in [6.45, 7) is 16.4. The fourth-order valence-electron chi connectivity index (χ4n) is 15.8. The fraction of sp³-hybridized carbons (Fsp3) is 0.238. The van der Waals surface area contributed by atoms with Crippen molar-refractivity contribution in [2.24, 2.45) is 0 Å². The zero-order valence-electron chi connectivity index (χ0n) is 74.0. The molecule has 133 heavy (non-hydrogen) atoms. The molecule has 0 amide bonds. The van der Waals surface area contributed by atoms with Gasteiger partial charge in [0.25, 0.3) is 50.5 Å². The first-order valence-electron chi connectivity index (χ1n) is 43.2. The topological polar surface area (TPSA) is 377 Å². The Hall–Kier alpha value is -13.0. The van der Waals surface area contributed by atoms with Gasteiger partial charge in [0.05, 0.1) is 52.0 Å². The summed E-state index contributed by atoms with van der Waals surface area (Å²) in [5.41, 5.74) is 28.4. The molecular weight excluding hydrogens is 1830 g/mol. The largest absolute Gasteiger partial charge is 0.384 e. The third kappa shape index (κ3) is 26.3. The van der Waals surface area contributed by atoms with E-state index in [1.807, 2.05) is 92.8 Å². The third-order valence-electron chi connectivity index (χ3n) is 22.7. The molecule has 20 rings (SSSR count). The van der Waals surface area contributed by atoms with Crippen LogP contribution in [-0.4, -0.2) is 98.5 Å². The number of anilines is 7. The summed E-state index contributed by atoms with van der Waals surface area (Å²) in [7, 11) is -8.89. The molecule has 0 spiro atoms. The monoisotopic (exact) mass is 1930 g/mol. The minimum Gasteiger partial charge on any atom is -0.384 e. The van der Waals surface area contributed by atoms with Crippen molar-refractivity contribution in [3.05, 3.63) is 372 Å². The SMILES string of the molecule is C.CC(=O)c1ccc2c(c1)CCN2S(=O)(=O)c1ccccc1.CCc1cc2c(cc1[N+](=O)[O-])NCC2.CCc1cc2cc[nH]c2cc1N.CCc1cc2cc[nH]c2cc1[N+](=O)[O-].CCc1ccc2c(c1)CCN2.CCc1ccc2c(c1)CCN2S(=O)(=O)c1ccccc1.O=S(=O)(Cl)c1ccccc1.O=S(=O)(c1ccccc1)N1CCc2ccccc21.[O]=[Mn]=[O].c1ccc2c(c1)CCN2. The Kier molecular flexibility index (Phi) is 36.8. The average molecular weight is 1940 g/mol. The number of nitrogens with two attached hydrogens (primary N) is 1. The number of aromatic nitrogens is 2. The first-order valence-corrected chi connectivity index (χ1v) is 50.8. The van der Waals surface area contributed by atoms with E-state index in [0.717, 1.165) is 125 Å². The molecule has 0 unspecified atom stereocenters. The van der Waals surface area contributed by atoms with Gasteiger partial charge >= 0.3 is 22.5 Å². The number of hydrogen-bond donors (Lipinski definition) is 6. The maximum atomic E-state index is 12.7. The maximum absolute atomic E-state index is 12.7. The van der Waals surface area contributed by atoms with Crippen molar-refractivity contribution in [2.75, 3.05) is 73.9 Å². The van der Waals surface area contributed by atoms with E-state index in [2.05, 4.69) is 107 Å². The van der Waals surface area contributed by atoms with Gasteiger partial charge in [-0.25, -0.2) is 33.7 Å². The van der Waals surface area contributed by atoms with Gasteiger partial charge in [-0.2, -0.15) is 0 Å². The van der Waals surface area contributed by atoms with Crippen LogP contribution in [0.4, 0.5) is 51.2 Å². The molecule has 0 saturated heterocycles. The molecule has 6 aliphatic rings. The number of aromatic amines is 2. The number of ketones is 1. The summed E-state index contributed by atoms with van der Waals surface area (Å²) >= 11 is -1.44. The summed E-state index contributed by atoms with van der Waals surface area (Å²) in [5.74, 6) is -0.0119. The second-order valence-corrected chi connectivity index (χ2v) is 39.3. The zero-order chi connectivity index (χ0) is 94.7. The fourth-order valence-corrected chi connectivity index (χ4v) is 21.1. The van der Waals surface area contributed by atoms with Crippen molar-refractivity contribution in [2.45, 2.75) is 139 Å². The minimum absolute atomic E-state index is 0. The number of nitrogen functional groups attached to an aromatic ring is 1. The smallest absolute Gasteiger partial charge is 0.0373 e. The Morgan fingerprint density at radius 3 is 1.22 bits per heavy atom. The van der Waals surface area contributed by atoms with Crippen LogP contribution in [0, 0.1) is 20.2 Å². The molecule has 0 aliphatic carbocycles. The van der Waals surface area contributed by atoms with Crippen LogP contribution in [0.2, 0.25) is 0 Å². The quantitative estimate of drug-likeness (QED) is 0.0139. The number of sulfonamides is 3. The molecule has 8 heterocycles. The molecule has 12 aromatic carbocycles. The molecular formula is C101H110ClMnN11O15S4. The van der Waals surface area contributed by atoms with Crippen LogP contribution >= 0.6 is 10.7 Å². The number of carbonyl (C=O) groups excluding carboxylic acids is 1. The van der Waals surface area contributed by atoms with E-state index in [-0.39, 0.29) is 44.2 Å². The third-order valence-corrected chi connectivity index (χ3v) is 29.6. The number of H-pyrrole nitrogens is 2. The molecule has 14 aromatic rings. The van der Waals surface area contributed by atoms with Crippen molar-refractivity contribution < 1.29 is 70.8 Å². The Morgan fingerprint density at radius 2 is 0.759 bits per heavy atom. The predicted octanol–water partition coefficient (Wildman–Crippen LogP) is 21.0. The molecule has 0 saturated carbocycles. The van der Waals surface area contributed by atoms with E-state index in [4.69, 9.17) is 24.1 Å². The van der Waals surface area contributed by atoms with E-state index >= 15 is 0 Å². The van der Waals surface area contributed by atoms with Crippen molar-refractivity contribution in [1.29, 1.82) is 0 Å². The number of benzene rings is 12. The van der Waals surface area contributed by atoms with Crippen molar-refractivity contribution in [3.8, 4) is 0 Å². The van der Waals surface area contributed by atoms with Gasteiger partial charge in [-0.05, 0) is 260 Å². The van der Waals surface area contributed by atoms with Crippen LogP contribution in [0.1, 0.15) is 121 Å². The number of hydrogen-bond acceptors (Lipinski definition) is 19. The average Bonchev–Trinajstić information content (AvgIpc) is 1.64. The number of rotatable bonds is 15. The Morgan fingerprint density at radius 1 is 0.391 bits per heavy atom. The summed E-state index contributed by atoms with van der Waals surface area (Å²) < 4.78 is 118. The summed E-state index contributed by atoms with van der Waals surface area (Å²) in [6.07, 6.45) is 13.8. The predicted molar refractivity (Wildman–Crippen MR) is 528 cm³/mol. The van der Waals surface area contributed by atoms with Crippen molar-refractivity contribution in [1.82, 2.24) is 9.97 Å². The molecule has 26 nitrogen and oxygen atoms in total. The van der Waals surface area contributed by atoms with Crippen LogP contribution in [0.3, 0.4) is 0 Å². The van der Waals surface area contributed by atoms with Gasteiger partial charge in [0.2, 0.25) is 0 Å². The van der Waals surface area contributed by atoms with Crippen molar-refractivity contribution in [3.63, 3.8) is 0 Å². The number of nitrogens with one attached hydrogen (secondary N) is 5. The van der Waals surface area contributed by atoms with E-state index in [0.29, 0.717) is 59.9 Å². The number of Topliss-reactive ketones (excluding diaryl/α,β-unsaturated/α-hetero) is 1. The van der Waals surface area contributed by atoms with Gasteiger partial charge in [0.15, 0.2) is 5.78 Å². The normalized spacial score (nSPS) is 13.0. The Labute approximate surface area is 788 Å². The van der Waals surface area contributed by atoms with E-state index in [9.17, 15) is 58.7 Å². The molecule has 0 radical (unpaired) electrons. The number of nitro groups is 2. The van der Waals surface area contributed by atoms with Crippen LogP contribution < -0.4 is 34.6 Å². The van der Waals surface area contributed by atoms with Gasteiger partial charge in [-0.15, -0.1) is 0 Å². The zero-order valence-corrected chi connectivity index (χ0v) is 79.2. The summed E-state index contributed by atoms with van der Waals surface area (Å²) in [4.78, 5) is 39.5. The molecule has 0 bridgehead atoms. The maximum Gasteiger partial charge on any atom is 0.0373 e. The number of para-hydroxylation sites is 2. The molecule has 6 aliphatic heterocycles. The number of fused-ring (bicyclic) bond motifs is 8. The Balaban J connectivity index is 0.000000156. The van der Waals surface area contributed by atoms with E-state index in [1.54, 1.807) is 134 Å². The van der Waals surface area contributed by atoms with E-state index in [1.165, 1.54) is 95.0 Å². The first-order chi connectivity index (χ1) is 63.4. The number of aryl methyl sites for hydroxylation is 5. The number of nitrogens with zero attached hydrogens (tertiary/aromatic N) is 5. The standard InChI is InChI=1S/C16H15NO3S.C16H17NO2S.C14H13NO2S.C10H12N2O2.C10H10N2O2.C10H12N2.C10H13N.C8H9N.C6H5ClO2S.CH4.Mn.2O/c1-12(18)13-7-8-16-14(11-13)9-10-17(16)21(19,20)15-5-3-2-4-6-15;1-2-13-8-9-16-14(12-13)10-11-17(16)20(18,19)15-6-4-3-5-7-15;16-18(17,13-7-2-1-3-8-13)15-11-10-12-6-4-5-9-14(12)15;2*1-2-7-5-8-3-4-11-9(8)6-10(7)12(13)14;1-2-7-5-8-3-4-12-10(8)6-9(7)11;1-2-8-3-4-10-9(7-8)5-6-11-10;1-2-4-8-7(3-1)5-6-9-8;7-10(8,9)6-4-2-1-3-5-6;;;;/h2-8,11H,9-10H2,1H3;3-9,12H,2,10-11H2,1H3;1-9H,10-11H2;5-6,11H,2-4H2,1H3;3-6,11H,2H2,1H3;3-6,12H,2,11H2,1H3;3-4,7,11H,2,5-6H2,1H3;1-4,9H,5-6H2;1-5H;1H4;;;. The summed E-state index contributed by atoms with van der Waals surface area (Å²) in [6, 6.07) is 82.7. The van der Waals surface area contributed by atoms with Gasteiger partial charge in [0, 0.05) is 125 Å². The van der Waals surface area contributed by atoms with Gasteiger partial charge in [0.1, 0.15) is 0 Å². The molecule has 697 valence electrons. The second kappa shape index (κ2) is 47.9. The van der Waals surface area contributed by atoms with E-state index < -0.39 is 53.9 Å². The first kappa shape index (κ1) is 102. The molecule has 2 aromatic heterocycles. The minimum atomic E-state index is -3.54. The van der Waals surface area contributed by atoms with Gasteiger partial charge in [-0.3, -0.25) is 37.9 Å². The van der Waals surface area contributed by atoms with Crippen LogP contribution in [0.15, 0.2) is 305 Å². The second-order valence-electron chi connectivity index (χ2n) is 31.0. The molecule has 0 fully saturated rings. The Bertz CT molecular complexity index is 6870. The molecule has 7 N–H and O–H groups in total. The van der Waals surface area contributed by atoms with Crippen LogP contribution in [0.5, 0.6) is 0 Å². The van der Waals surface area contributed by atoms with Gasteiger partial charge in [-0.1, -0.05) is 176 Å². The number of carbonyl (C=O) groups is 1.